The van der Waals surface area contributed by atoms with Crippen LogP contribution in [0, 0.1) is 11.2 Å². The second-order valence-corrected chi connectivity index (χ2v) is 5.00. The lowest BCUT2D eigenvalue weighted by atomic mass is 9.92. The van der Waals surface area contributed by atoms with Crippen molar-refractivity contribution >= 4 is 11.9 Å². The number of rotatable bonds is 5. The molecular weight excluding hydrogens is 249 g/mol. The maximum absolute atomic E-state index is 13.4. The third-order valence-corrected chi connectivity index (χ3v) is 3.09. The van der Waals surface area contributed by atoms with Crippen molar-refractivity contribution in [1.82, 2.24) is 4.90 Å². The minimum atomic E-state index is -1.47. The van der Waals surface area contributed by atoms with Gasteiger partial charge in [0.25, 0.3) is 0 Å². The standard InChI is InChI=1S/C14H18FNO3/c1-14(2,13(18)19)12(17)16(3)9-8-10-6-4-5-7-11(10)15/h4-7H,8-9H2,1-3H3,(H,18,19). The monoisotopic (exact) mass is 267 g/mol. The first-order valence-electron chi connectivity index (χ1n) is 5.99. The van der Waals surface area contributed by atoms with Crippen LogP contribution in [-0.2, 0) is 16.0 Å². The molecule has 1 rings (SSSR count). The quantitative estimate of drug-likeness (QED) is 0.829. The van der Waals surface area contributed by atoms with Gasteiger partial charge in [0.15, 0.2) is 0 Å². The molecule has 5 heteroatoms. The number of benzene rings is 1. The van der Waals surface area contributed by atoms with Crippen molar-refractivity contribution in [3.05, 3.63) is 35.6 Å². The molecule has 1 aromatic carbocycles. The Morgan fingerprint density at radius 1 is 1.32 bits per heavy atom. The number of aliphatic carboxylic acids is 1. The van der Waals surface area contributed by atoms with Gasteiger partial charge in [0, 0.05) is 13.6 Å². The molecule has 4 nitrogen and oxygen atoms in total. The molecule has 0 aromatic heterocycles. The van der Waals surface area contributed by atoms with Gasteiger partial charge in [-0.15, -0.1) is 0 Å². The summed E-state index contributed by atoms with van der Waals surface area (Å²) in [5, 5.41) is 8.98. The van der Waals surface area contributed by atoms with E-state index in [1.54, 1.807) is 18.2 Å². The van der Waals surface area contributed by atoms with Crippen LogP contribution in [0.25, 0.3) is 0 Å². The van der Waals surface area contributed by atoms with Crippen LogP contribution in [0.2, 0.25) is 0 Å². The second kappa shape index (κ2) is 5.82. The van der Waals surface area contributed by atoms with Gasteiger partial charge in [-0.25, -0.2) is 4.39 Å². The summed E-state index contributed by atoms with van der Waals surface area (Å²) in [5.41, 5.74) is -0.959. The highest BCUT2D eigenvalue weighted by Gasteiger charge is 2.37. The number of carboxylic acids is 1. The van der Waals surface area contributed by atoms with Gasteiger partial charge < -0.3 is 10.0 Å². The first-order chi connectivity index (χ1) is 8.76. The first-order valence-corrected chi connectivity index (χ1v) is 5.99. The van der Waals surface area contributed by atoms with E-state index in [-0.39, 0.29) is 12.4 Å². The fraction of sp³-hybridized carbons (Fsp3) is 0.429. The highest BCUT2D eigenvalue weighted by Crippen LogP contribution is 2.19. The Labute approximate surface area is 111 Å². The Bertz CT molecular complexity index is 485. The van der Waals surface area contributed by atoms with Gasteiger partial charge in [0.2, 0.25) is 5.91 Å². The average Bonchev–Trinajstić information content (AvgIpc) is 2.36. The Hall–Kier alpha value is -1.91. The van der Waals surface area contributed by atoms with Crippen molar-refractivity contribution in [3.63, 3.8) is 0 Å². The van der Waals surface area contributed by atoms with Gasteiger partial charge in [0.05, 0.1) is 0 Å². The third kappa shape index (κ3) is 3.53. The van der Waals surface area contributed by atoms with Gasteiger partial charge >= 0.3 is 5.97 Å². The van der Waals surface area contributed by atoms with E-state index in [4.69, 9.17) is 5.11 Å². The molecule has 19 heavy (non-hydrogen) atoms. The maximum atomic E-state index is 13.4. The van der Waals surface area contributed by atoms with Crippen molar-refractivity contribution in [2.45, 2.75) is 20.3 Å². The summed E-state index contributed by atoms with van der Waals surface area (Å²) in [7, 11) is 1.52. The van der Waals surface area contributed by atoms with E-state index in [1.165, 1.54) is 31.9 Å². The molecule has 0 aliphatic rings. The summed E-state index contributed by atoms with van der Waals surface area (Å²) in [4.78, 5) is 24.3. The van der Waals surface area contributed by atoms with Crippen LogP contribution >= 0.6 is 0 Å². The summed E-state index contributed by atoms with van der Waals surface area (Å²) < 4.78 is 13.4. The van der Waals surface area contributed by atoms with Crippen LogP contribution in [-0.4, -0.2) is 35.5 Å². The van der Waals surface area contributed by atoms with Crippen LogP contribution in [0.4, 0.5) is 4.39 Å². The molecule has 1 N–H and O–H groups in total. The zero-order valence-corrected chi connectivity index (χ0v) is 11.3. The molecule has 0 spiro atoms. The SMILES string of the molecule is CN(CCc1ccccc1F)C(=O)C(C)(C)C(=O)O. The smallest absolute Gasteiger partial charge is 0.318 e. The van der Waals surface area contributed by atoms with Crippen molar-refractivity contribution in [3.8, 4) is 0 Å². The Balaban J connectivity index is 2.66. The zero-order valence-electron chi connectivity index (χ0n) is 11.3. The van der Waals surface area contributed by atoms with Crippen LogP contribution in [0.3, 0.4) is 0 Å². The number of amides is 1. The molecule has 0 atom stereocenters. The topological polar surface area (TPSA) is 57.6 Å². The van der Waals surface area contributed by atoms with Gasteiger partial charge in [-0.1, -0.05) is 18.2 Å². The number of carboxylic acid groups (broad SMARTS) is 1. The number of halogens is 1. The van der Waals surface area contributed by atoms with E-state index < -0.39 is 17.3 Å². The van der Waals surface area contributed by atoms with Crippen LogP contribution in [0.1, 0.15) is 19.4 Å². The minimum Gasteiger partial charge on any atom is -0.480 e. The van der Waals surface area contributed by atoms with Crippen molar-refractivity contribution < 1.29 is 19.1 Å². The van der Waals surface area contributed by atoms with Crippen LogP contribution < -0.4 is 0 Å². The van der Waals surface area contributed by atoms with Crippen LogP contribution in [0.5, 0.6) is 0 Å². The molecule has 0 saturated heterocycles. The number of carbonyl (C=O) groups excluding carboxylic acids is 1. The molecule has 0 heterocycles. The summed E-state index contributed by atoms with van der Waals surface area (Å²) in [5.74, 6) is -1.98. The highest BCUT2D eigenvalue weighted by molar-refractivity contribution is 6.00. The second-order valence-electron chi connectivity index (χ2n) is 5.00. The molecule has 1 aromatic rings. The largest absolute Gasteiger partial charge is 0.480 e. The maximum Gasteiger partial charge on any atom is 0.318 e. The number of carbonyl (C=O) groups is 2. The Morgan fingerprint density at radius 2 is 1.89 bits per heavy atom. The Kier molecular flexibility index (Phi) is 4.64. The third-order valence-electron chi connectivity index (χ3n) is 3.09. The molecule has 0 unspecified atom stereocenters. The van der Waals surface area contributed by atoms with Gasteiger partial charge in [-0.2, -0.15) is 0 Å². The molecule has 104 valence electrons. The molecule has 0 bridgehead atoms. The van der Waals surface area contributed by atoms with E-state index >= 15 is 0 Å². The minimum absolute atomic E-state index is 0.274. The van der Waals surface area contributed by atoms with Crippen molar-refractivity contribution in [2.24, 2.45) is 5.41 Å². The molecule has 0 aliphatic carbocycles. The van der Waals surface area contributed by atoms with Gasteiger partial charge in [-0.3, -0.25) is 9.59 Å². The van der Waals surface area contributed by atoms with Crippen molar-refractivity contribution in [2.75, 3.05) is 13.6 Å². The van der Waals surface area contributed by atoms with E-state index in [9.17, 15) is 14.0 Å². The summed E-state index contributed by atoms with van der Waals surface area (Å²) in [6.07, 6.45) is 0.352. The van der Waals surface area contributed by atoms with Gasteiger partial charge in [0.1, 0.15) is 11.2 Å². The molecule has 0 radical (unpaired) electrons. The predicted octanol–water partition coefficient (Wildman–Crippen LogP) is 1.94. The lowest BCUT2D eigenvalue weighted by molar-refractivity contribution is -0.157. The van der Waals surface area contributed by atoms with E-state index in [0.29, 0.717) is 12.0 Å². The number of hydrogen-bond donors (Lipinski definition) is 1. The molecule has 0 aliphatic heterocycles. The fourth-order valence-corrected chi connectivity index (χ4v) is 1.66. The fourth-order valence-electron chi connectivity index (χ4n) is 1.66. The normalized spacial score (nSPS) is 11.2. The molecule has 0 fully saturated rings. The summed E-state index contributed by atoms with van der Waals surface area (Å²) >= 11 is 0. The number of likely N-dealkylation sites (N-methyl/N-ethyl adjacent to an activating group) is 1. The summed E-state index contributed by atoms with van der Waals surface area (Å²) in [6.45, 7) is 2.99. The number of nitrogens with zero attached hydrogens (tertiary/aromatic N) is 1. The molecular formula is C14H18FNO3. The first kappa shape index (κ1) is 15.1. The van der Waals surface area contributed by atoms with E-state index in [2.05, 4.69) is 0 Å². The summed E-state index contributed by atoms with van der Waals surface area (Å²) in [6, 6.07) is 6.33. The van der Waals surface area contributed by atoms with E-state index in [1.807, 2.05) is 0 Å². The van der Waals surface area contributed by atoms with Gasteiger partial charge in [-0.05, 0) is 31.9 Å². The van der Waals surface area contributed by atoms with E-state index in [0.717, 1.165) is 0 Å². The highest BCUT2D eigenvalue weighted by atomic mass is 19.1. The average molecular weight is 267 g/mol. The zero-order chi connectivity index (χ0) is 14.6. The predicted molar refractivity (Wildman–Crippen MR) is 69.2 cm³/mol. The molecule has 1 amide bonds. The van der Waals surface area contributed by atoms with Crippen molar-refractivity contribution in [1.29, 1.82) is 0 Å². The Morgan fingerprint density at radius 3 is 2.42 bits per heavy atom. The molecule has 0 saturated carbocycles. The lowest BCUT2D eigenvalue weighted by Crippen LogP contribution is -2.44. The number of hydrogen-bond acceptors (Lipinski definition) is 2. The lowest BCUT2D eigenvalue weighted by Gasteiger charge is -2.26. The van der Waals surface area contributed by atoms with Crippen LogP contribution in [0.15, 0.2) is 24.3 Å².